The van der Waals surface area contributed by atoms with Crippen LogP contribution in [0.15, 0.2) is 18.2 Å². The van der Waals surface area contributed by atoms with E-state index in [0.29, 0.717) is 28.4 Å². The van der Waals surface area contributed by atoms with Crippen molar-refractivity contribution in [2.45, 2.75) is 46.2 Å². The third kappa shape index (κ3) is 5.21. The number of nitrogens with one attached hydrogen (secondary N) is 1. The number of likely N-dealkylation sites (N-methyl/N-ethyl adjacent to an activating group) is 1. The molecular formula is C16H26ClN3O. The van der Waals surface area contributed by atoms with E-state index in [9.17, 15) is 4.79 Å². The summed E-state index contributed by atoms with van der Waals surface area (Å²) in [5.41, 5.74) is 6.92. The molecule has 0 bridgehead atoms. The molecule has 0 aromatic heterocycles. The van der Waals surface area contributed by atoms with Crippen molar-refractivity contribution in [1.29, 1.82) is 0 Å². The van der Waals surface area contributed by atoms with Crippen LogP contribution in [0.25, 0.3) is 0 Å². The van der Waals surface area contributed by atoms with Gasteiger partial charge in [0.25, 0.3) is 0 Å². The van der Waals surface area contributed by atoms with Gasteiger partial charge >= 0.3 is 0 Å². The van der Waals surface area contributed by atoms with Crippen molar-refractivity contribution in [3.05, 3.63) is 23.2 Å². The quantitative estimate of drug-likeness (QED) is 0.789. The van der Waals surface area contributed by atoms with Gasteiger partial charge in [-0.1, -0.05) is 25.4 Å². The van der Waals surface area contributed by atoms with E-state index < -0.39 is 0 Å². The summed E-state index contributed by atoms with van der Waals surface area (Å²) in [6.07, 6.45) is 1.05. The van der Waals surface area contributed by atoms with Crippen molar-refractivity contribution < 1.29 is 4.79 Å². The van der Waals surface area contributed by atoms with Crippen molar-refractivity contribution >= 4 is 28.9 Å². The molecule has 2 unspecified atom stereocenters. The second-order valence-electron chi connectivity index (χ2n) is 6.04. The first kappa shape index (κ1) is 17.8. The van der Waals surface area contributed by atoms with Crippen molar-refractivity contribution in [2.24, 2.45) is 5.92 Å². The Hall–Kier alpha value is -1.26. The lowest BCUT2D eigenvalue weighted by atomic mass is 10.0. The number of nitrogens with zero attached hydrogens (tertiary/aromatic N) is 1. The summed E-state index contributed by atoms with van der Waals surface area (Å²) < 4.78 is 0. The van der Waals surface area contributed by atoms with Gasteiger partial charge in [-0.2, -0.15) is 0 Å². The largest absolute Gasteiger partial charge is 0.397 e. The van der Waals surface area contributed by atoms with Crippen molar-refractivity contribution in [3.63, 3.8) is 0 Å². The minimum atomic E-state index is -0.239. The molecule has 1 amide bonds. The molecule has 5 heteroatoms. The Morgan fingerprint density at radius 3 is 2.52 bits per heavy atom. The molecule has 0 fully saturated rings. The fourth-order valence-electron chi connectivity index (χ4n) is 2.29. The zero-order valence-electron chi connectivity index (χ0n) is 13.5. The maximum absolute atomic E-state index is 12.4. The predicted molar refractivity (Wildman–Crippen MR) is 90.6 cm³/mol. The van der Waals surface area contributed by atoms with E-state index in [0.717, 1.165) is 6.42 Å². The second kappa shape index (κ2) is 7.66. The summed E-state index contributed by atoms with van der Waals surface area (Å²) in [7, 11) is 1.97. The summed E-state index contributed by atoms with van der Waals surface area (Å²) in [4.78, 5) is 14.4. The van der Waals surface area contributed by atoms with E-state index in [2.05, 4.69) is 31.0 Å². The summed E-state index contributed by atoms with van der Waals surface area (Å²) in [5.74, 6) is 0.517. The molecule has 1 aromatic carbocycles. The smallest absolute Gasteiger partial charge is 0.241 e. The number of hydrogen-bond donors (Lipinski definition) is 2. The van der Waals surface area contributed by atoms with Gasteiger partial charge in [0.1, 0.15) is 0 Å². The highest BCUT2D eigenvalue weighted by molar-refractivity contribution is 6.31. The zero-order valence-corrected chi connectivity index (χ0v) is 14.2. The molecule has 0 radical (unpaired) electrons. The van der Waals surface area contributed by atoms with Crippen LogP contribution in [0.4, 0.5) is 11.4 Å². The Bertz CT molecular complexity index is 490. The molecule has 0 aliphatic carbocycles. The van der Waals surface area contributed by atoms with Crippen LogP contribution in [0.1, 0.15) is 34.1 Å². The van der Waals surface area contributed by atoms with Gasteiger partial charge in [0.2, 0.25) is 5.91 Å². The molecule has 3 N–H and O–H groups in total. The van der Waals surface area contributed by atoms with Crippen LogP contribution in [-0.2, 0) is 4.79 Å². The maximum atomic E-state index is 12.4. The average Bonchev–Trinajstić information content (AvgIpc) is 2.40. The standard InChI is InChI=1S/C16H26ClN3O/c1-10(2)8-11(3)20(5)12(4)16(21)19-15-9-13(17)6-7-14(15)18/h6-7,9-12H,8,18H2,1-5H3,(H,19,21). The van der Waals surface area contributed by atoms with Gasteiger partial charge in [-0.25, -0.2) is 0 Å². The average molecular weight is 312 g/mol. The molecule has 2 atom stereocenters. The van der Waals surface area contributed by atoms with Crippen LogP contribution in [0.5, 0.6) is 0 Å². The molecule has 118 valence electrons. The fourth-order valence-corrected chi connectivity index (χ4v) is 2.46. The first-order valence-electron chi connectivity index (χ1n) is 7.30. The highest BCUT2D eigenvalue weighted by Gasteiger charge is 2.23. The first-order chi connectivity index (χ1) is 9.72. The Morgan fingerprint density at radius 2 is 1.95 bits per heavy atom. The number of amides is 1. The number of anilines is 2. The van der Waals surface area contributed by atoms with Gasteiger partial charge in [-0.15, -0.1) is 0 Å². The normalized spacial score (nSPS) is 14.3. The molecule has 1 aromatic rings. The highest BCUT2D eigenvalue weighted by atomic mass is 35.5. The Morgan fingerprint density at radius 1 is 1.33 bits per heavy atom. The number of carbonyl (C=O) groups excluding carboxylic acids is 1. The van der Waals surface area contributed by atoms with E-state index in [1.165, 1.54) is 0 Å². The van der Waals surface area contributed by atoms with Crippen LogP contribution in [-0.4, -0.2) is 29.9 Å². The van der Waals surface area contributed by atoms with Crippen molar-refractivity contribution in [1.82, 2.24) is 4.90 Å². The van der Waals surface area contributed by atoms with E-state index in [-0.39, 0.29) is 11.9 Å². The van der Waals surface area contributed by atoms with E-state index in [4.69, 9.17) is 17.3 Å². The molecule has 0 saturated heterocycles. The van der Waals surface area contributed by atoms with Gasteiger partial charge < -0.3 is 11.1 Å². The maximum Gasteiger partial charge on any atom is 0.241 e. The monoisotopic (exact) mass is 311 g/mol. The van der Waals surface area contributed by atoms with Crippen LogP contribution in [0, 0.1) is 5.92 Å². The zero-order chi connectivity index (χ0) is 16.2. The first-order valence-corrected chi connectivity index (χ1v) is 7.68. The summed E-state index contributed by atoms with van der Waals surface area (Å²) >= 11 is 5.93. The van der Waals surface area contributed by atoms with Crippen LogP contribution in [0.3, 0.4) is 0 Å². The lowest BCUT2D eigenvalue weighted by Gasteiger charge is -2.31. The van der Waals surface area contributed by atoms with E-state index in [1.807, 2.05) is 14.0 Å². The molecular weight excluding hydrogens is 286 g/mol. The Kier molecular flexibility index (Phi) is 6.49. The number of nitrogen functional groups attached to an aromatic ring is 1. The Labute approximate surface area is 132 Å². The van der Waals surface area contributed by atoms with E-state index >= 15 is 0 Å². The minimum absolute atomic E-state index is 0.0814. The molecule has 0 saturated carbocycles. The summed E-state index contributed by atoms with van der Waals surface area (Å²) in [6, 6.07) is 5.15. The number of benzene rings is 1. The molecule has 0 spiro atoms. The number of hydrogen-bond acceptors (Lipinski definition) is 3. The van der Waals surface area contributed by atoms with Gasteiger partial charge in [-0.05, 0) is 51.4 Å². The molecule has 21 heavy (non-hydrogen) atoms. The third-order valence-electron chi connectivity index (χ3n) is 3.77. The summed E-state index contributed by atoms with van der Waals surface area (Å²) in [5, 5.41) is 3.40. The van der Waals surface area contributed by atoms with Gasteiger partial charge in [0, 0.05) is 11.1 Å². The lowest BCUT2D eigenvalue weighted by Crippen LogP contribution is -2.44. The van der Waals surface area contributed by atoms with Crippen LogP contribution < -0.4 is 11.1 Å². The molecule has 0 heterocycles. The topological polar surface area (TPSA) is 58.4 Å². The molecule has 0 aliphatic rings. The van der Waals surface area contributed by atoms with Crippen LogP contribution in [0.2, 0.25) is 5.02 Å². The number of rotatable bonds is 6. The molecule has 4 nitrogen and oxygen atoms in total. The molecule has 1 rings (SSSR count). The van der Waals surface area contributed by atoms with E-state index in [1.54, 1.807) is 18.2 Å². The lowest BCUT2D eigenvalue weighted by molar-refractivity contribution is -0.121. The molecule has 0 aliphatic heterocycles. The minimum Gasteiger partial charge on any atom is -0.397 e. The summed E-state index contributed by atoms with van der Waals surface area (Å²) in [6.45, 7) is 8.40. The SMILES string of the molecule is CC(C)CC(C)N(C)C(C)C(=O)Nc1cc(Cl)ccc1N. The third-order valence-corrected chi connectivity index (χ3v) is 4.01. The number of halogens is 1. The second-order valence-corrected chi connectivity index (χ2v) is 6.48. The highest BCUT2D eigenvalue weighted by Crippen LogP contribution is 2.23. The van der Waals surface area contributed by atoms with Crippen molar-refractivity contribution in [3.8, 4) is 0 Å². The van der Waals surface area contributed by atoms with Gasteiger partial charge in [-0.3, -0.25) is 9.69 Å². The van der Waals surface area contributed by atoms with Crippen molar-refractivity contribution in [2.75, 3.05) is 18.1 Å². The van der Waals surface area contributed by atoms with Gasteiger partial charge in [0.15, 0.2) is 0 Å². The Balaban J connectivity index is 2.72. The fraction of sp³-hybridized carbons (Fsp3) is 0.562. The van der Waals surface area contributed by atoms with Crippen LogP contribution >= 0.6 is 11.6 Å². The number of nitrogens with two attached hydrogens (primary N) is 1. The predicted octanol–water partition coefficient (Wildman–Crippen LogP) is 3.62. The van der Waals surface area contributed by atoms with Gasteiger partial charge in [0.05, 0.1) is 17.4 Å². The number of carbonyl (C=O) groups is 1.